The Morgan fingerprint density at radius 1 is 1.10 bits per heavy atom. The highest BCUT2D eigenvalue weighted by atomic mass is 32.1. The SMILES string of the molecule is CCc1ccccc1-c1nc(C)c(CC(=O)OCc2ccc3c(c2)nc(C)n3CC)s1. The summed E-state index contributed by atoms with van der Waals surface area (Å²) in [6.07, 6.45) is 1.19. The van der Waals surface area contributed by atoms with Gasteiger partial charge in [-0.25, -0.2) is 9.97 Å². The Morgan fingerprint density at radius 2 is 1.90 bits per heavy atom. The number of nitrogens with zero attached hydrogens (tertiary/aromatic N) is 3. The van der Waals surface area contributed by atoms with Gasteiger partial charge in [0.15, 0.2) is 0 Å². The first-order chi connectivity index (χ1) is 15.0. The minimum absolute atomic E-state index is 0.238. The summed E-state index contributed by atoms with van der Waals surface area (Å²) in [7, 11) is 0. The van der Waals surface area contributed by atoms with E-state index in [9.17, 15) is 4.79 Å². The van der Waals surface area contributed by atoms with Gasteiger partial charge in [0.25, 0.3) is 0 Å². The summed E-state index contributed by atoms with van der Waals surface area (Å²) in [5.41, 5.74) is 6.29. The van der Waals surface area contributed by atoms with E-state index in [-0.39, 0.29) is 19.0 Å². The third-order valence-corrected chi connectivity index (χ3v) is 6.74. The highest BCUT2D eigenvalue weighted by Gasteiger charge is 2.16. The van der Waals surface area contributed by atoms with Gasteiger partial charge in [-0.05, 0) is 50.5 Å². The van der Waals surface area contributed by atoms with Crippen molar-refractivity contribution in [2.75, 3.05) is 0 Å². The summed E-state index contributed by atoms with van der Waals surface area (Å²) in [5, 5.41) is 0.963. The average Bonchev–Trinajstić information content (AvgIpc) is 3.29. The maximum absolute atomic E-state index is 12.5. The second kappa shape index (κ2) is 9.02. The van der Waals surface area contributed by atoms with Crippen LogP contribution in [-0.4, -0.2) is 20.5 Å². The van der Waals surface area contributed by atoms with Crippen LogP contribution in [0.5, 0.6) is 0 Å². The van der Waals surface area contributed by atoms with Crippen LogP contribution < -0.4 is 0 Å². The van der Waals surface area contributed by atoms with Crippen LogP contribution >= 0.6 is 11.3 Å². The van der Waals surface area contributed by atoms with Crippen molar-refractivity contribution in [3.8, 4) is 10.6 Å². The molecule has 6 heteroatoms. The van der Waals surface area contributed by atoms with Crippen LogP contribution in [0.15, 0.2) is 42.5 Å². The van der Waals surface area contributed by atoms with E-state index in [1.165, 1.54) is 5.56 Å². The van der Waals surface area contributed by atoms with Gasteiger partial charge in [-0.2, -0.15) is 0 Å². The number of fused-ring (bicyclic) bond motifs is 1. The molecule has 0 aliphatic carbocycles. The fourth-order valence-electron chi connectivity index (χ4n) is 3.88. The maximum Gasteiger partial charge on any atom is 0.311 e. The van der Waals surface area contributed by atoms with Gasteiger partial charge in [-0.1, -0.05) is 37.3 Å². The standard InChI is InChI=1S/C25H27N3O2S/c1-5-19-9-7-8-10-20(19)25-26-16(3)23(31-25)14-24(29)30-15-18-11-12-22-21(13-18)27-17(4)28(22)6-2/h7-13H,5-6,14-15H2,1-4H3. The number of imidazole rings is 1. The van der Waals surface area contributed by atoms with Crippen molar-refractivity contribution < 1.29 is 9.53 Å². The summed E-state index contributed by atoms with van der Waals surface area (Å²) in [6.45, 7) is 9.34. The molecule has 4 rings (SSSR count). The summed E-state index contributed by atoms with van der Waals surface area (Å²) < 4.78 is 7.74. The number of hydrogen-bond acceptors (Lipinski definition) is 5. The third-order valence-electron chi connectivity index (χ3n) is 5.55. The summed E-state index contributed by atoms with van der Waals surface area (Å²) in [4.78, 5) is 22.8. The molecule has 0 aliphatic heterocycles. The average molecular weight is 434 g/mol. The maximum atomic E-state index is 12.5. The zero-order valence-corrected chi connectivity index (χ0v) is 19.3. The van der Waals surface area contributed by atoms with Crippen molar-refractivity contribution in [1.29, 1.82) is 0 Å². The van der Waals surface area contributed by atoms with Crippen LogP contribution in [0.2, 0.25) is 0 Å². The number of thiazole rings is 1. The van der Waals surface area contributed by atoms with E-state index in [0.717, 1.165) is 56.5 Å². The molecule has 0 saturated carbocycles. The van der Waals surface area contributed by atoms with Crippen molar-refractivity contribution in [1.82, 2.24) is 14.5 Å². The molecule has 0 radical (unpaired) electrons. The predicted octanol–water partition coefficient (Wildman–Crippen LogP) is 5.64. The van der Waals surface area contributed by atoms with E-state index in [1.807, 2.05) is 44.2 Å². The molecule has 5 nitrogen and oxygen atoms in total. The zero-order valence-electron chi connectivity index (χ0n) is 18.4. The summed E-state index contributed by atoms with van der Waals surface area (Å²) in [6, 6.07) is 14.3. The van der Waals surface area contributed by atoms with E-state index in [4.69, 9.17) is 9.72 Å². The lowest BCUT2D eigenvalue weighted by Crippen LogP contribution is -2.07. The molecule has 0 fully saturated rings. The minimum Gasteiger partial charge on any atom is -0.461 e. The van der Waals surface area contributed by atoms with Crippen molar-refractivity contribution in [3.05, 3.63) is 70.0 Å². The number of ether oxygens (including phenoxy) is 1. The molecule has 2 heterocycles. The molecule has 0 atom stereocenters. The molecule has 0 spiro atoms. The van der Waals surface area contributed by atoms with Crippen LogP contribution in [0.1, 0.15) is 41.4 Å². The number of benzene rings is 2. The number of hydrogen-bond donors (Lipinski definition) is 0. The van der Waals surface area contributed by atoms with Crippen LogP contribution in [0.25, 0.3) is 21.6 Å². The molecule has 160 valence electrons. The first kappa shape index (κ1) is 21.2. The molecule has 0 unspecified atom stereocenters. The highest BCUT2D eigenvalue weighted by Crippen LogP contribution is 2.31. The van der Waals surface area contributed by atoms with E-state index in [0.29, 0.717) is 0 Å². The second-order valence-corrected chi connectivity index (χ2v) is 8.69. The van der Waals surface area contributed by atoms with Gasteiger partial charge >= 0.3 is 5.97 Å². The molecule has 0 amide bonds. The Balaban J connectivity index is 1.44. The highest BCUT2D eigenvalue weighted by molar-refractivity contribution is 7.15. The van der Waals surface area contributed by atoms with Crippen LogP contribution in [0, 0.1) is 13.8 Å². The summed E-state index contributed by atoms with van der Waals surface area (Å²) in [5.74, 6) is 0.755. The van der Waals surface area contributed by atoms with Crippen LogP contribution in [0.3, 0.4) is 0 Å². The topological polar surface area (TPSA) is 57.0 Å². The summed E-state index contributed by atoms with van der Waals surface area (Å²) >= 11 is 1.58. The van der Waals surface area contributed by atoms with Crippen LogP contribution in [-0.2, 0) is 35.5 Å². The number of esters is 1. The Bertz CT molecular complexity index is 1240. The van der Waals surface area contributed by atoms with Crippen molar-refractivity contribution in [2.45, 2.75) is 53.7 Å². The van der Waals surface area contributed by atoms with E-state index < -0.39 is 0 Å². The molecule has 2 aromatic carbocycles. The molecular formula is C25H27N3O2S. The third kappa shape index (κ3) is 4.39. The number of carbonyl (C=O) groups is 1. The second-order valence-electron chi connectivity index (χ2n) is 7.60. The molecule has 31 heavy (non-hydrogen) atoms. The number of aryl methyl sites for hydroxylation is 4. The largest absolute Gasteiger partial charge is 0.461 e. The monoisotopic (exact) mass is 433 g/mol. The fourth-order valence-corrected chi connectivity index (χ4v) is 4.98. The minimum atomic E-state index is -0.238. The van der Waals surface area contributed by atoms with Gasteiger partial charge in [0.05, 0.1) is 23.1 Å². The fraction of sp³-hybridized carbons (Fsp3) is 0.320. The van der Waals surface area contributed by atoms with Gasteiger partial charge in [0, 0.05) is 17.0 Å². The lowest BCUT2D eigenvalue weighted by molar-refractivity contribution is -0.144. The number of aromatic nitrogens is 3. The lowest BCUT2D eigenvalue weighted by atomic mass is 10.1. The zero-order chi connectivity index (χ0) is 22.0. The van der Waals surface area contributed by atoms with Gasteiger partial charge in [0.1, 0.15) is 17.4 Å². The predicted molar refractivity (Wildman–Crippen MR) is 125 cm³/mol. The van der Waals surface area contributed by atoms with Crippen molar-refractivity contribution >= 4 is 28.3 Å². The Hall–Kier alpha value is -2.99. The van der Waals surface area contributed by atoms with Gasteiger partial charge < -0.3 is 9.30 Å². The van der Waals surface area contributed by atoms with E-state index in [1.54, 1.807) is 11.3 Å². The smallest absolute Gasteiger partial charge is 0.311 e. The molecule has 4 aromatic rings. The Labute approximate surface area is 186 Å². The molecule has 0 aliphatic rings. The van der Waals surface area contributed by atoms with Crippen LogP contribution in [0.4, 0.5) is 0 Å². The number of carbonyl (C=O) groups excluding carboxylic acids is 1. The first-order valence-corrected chi connectivity index (χ1v) is 11.5. The molecular weight excluding hydrogens is 406 g/mol. The molecule has 2 aromatic heterocycles. The van der Waals surface area contributed by atoms with Gasteiger partial charge in [-0.15, -0.1) is 11.3 Å². The normalized spacial score (nSPS) is 11.2. The molecule has 0 bridgehead atoms. The first-order valence-electron chi connectivity index (χ1n) is 10.7. The van der Waals surface area contributed by atoms with Crippen molar-refractivity contribution in [3.63, 3.8) is 0 Å². The Morgan fingerprint density at radius 3 is 2.68 bits per heavy atom. The number of rotatable bonds is 7. The van der Waals surface area contributed by atoms with E-state index >= 15 is 0 Å². The Kier molecular flexibility index (Phi) is 6.18. The lowest BCUT2D eigenvalue weighted by Gasteiger charge is -2.06. The molecule has 0 N–H and O–H groups in total. The van der Waals surface area contributed by atoms with E-state index in [2.05, 4.69) is 35.5 Å². The van der Waals surface area contributed by atoms with Gasteiger partial charge in [0.2, 0.25) is 0 Å². The van der Waals surface area contributed by atoms with Gasteiger partial charge in [-0.3, -0.25) is 4.79 Å². The molecule has 0 saturated heterocycles. The quantitative estimate of drug-likeness (QED) is 0.354. The van der Waals surface area contributed by atoms with Crippen molar-refractivity contribution in [2.24, 2.45) is 0 Å².